The van der Waals surface area contributed by atoms with Gasteiger partial charge in [0, 0.05) is 33.2 Å². The second-order valence-corrected chi connectivity index (χ2v) is 5.81. The van der Waals surface area contributed by atoms with Gasteiger partial charge in [-0.3, -0.25) is 19.4 Å². The summed E-state index contributed by atoms with van der Waals surface area (Å²) in [5.41, 5.74) is 1.18. The SMILES string of the molecule is CNC(=O)CN1C(=O)C2CN(Cc3ccccc3)CCN2C1=O.Cl. The molecule has 0 bridgehead atoms. The van der Waals surface area contributed by atoms with Crippen LogP contribution in [0.5, 0.6) is 0 Å². The van der Waals surface area contributed by atoms with Crippen LogP contribution in [0, 0.1) is 0 Å². The molecular formula is C16H21ClN4O3. The number of piperazine rings is 1. The lowest BCUT2D eigenvalue weighted by Crippen LogP contribution is -2.52. The number of halogens is 1. The Morgan fingerprint density at radius 2 is 1.92 bits per heavy atom. The van der Waals surface area contributed by atoms with Gasteiger partial charge >= 0.3 is 6.03 Å². The predicted molar refractivity (Wildman–Crippen MR) is 90.6 cm³/mol. The first-order valence-corrected chi connectivity index (χ1v) is 7.69. The standard InChI is InChI=1S/C16H20N4O3.ClH/c1-17-14(21)11-20-15(22)13-10-18(7-8-19(13)16(20)23)9-12-5-3-2-4-6-12;/h2-6,13H,7-11H2,1H3,(H,17,21);1H. The molecule has 4 amide bonds. The molecule has 0 radical (unpaired) electrons. The molecule has 8 heteroatoms. The number of imide groups is 1. The molecule has 130 valence electrons. The number of urea groups is 1. The minimum absolute atomic E-state index is 0. The van der Waals surface area contributed by atoms with Crippen LogP contribution >= 0.6 is 12.4 Å². The fourth-order valence-electron chi connectivity index (χ4n) is 3.06. The molecule has 0 aliphatic carbocycles. The van der Waals surface area contributed by atoms with Crippen LogP contribution in [0.25, 0.3) is 0 Å². The lowest BCUT2D eigenvalue weighted by molar-refractivity contribution is -0.133. The summed E-state index contributed by atoms with van der Waals surface area (Å²) in [7, 11) is 1.49. The molecule has 2 heterocycles. The lowest BCUT2D eigenvalue weighted by Gasteiger charge is -2.35. The highest BCUT2D eigenvalue weighted by molar-refractivity contribution is 6.06. The summed E-state index contributed by atoms with van der Waals surface area (Å²) in [4.78, 5) is 41.0. The second-order valence-electron chi connectivity index (χ2n) is 5.81. The Kier molecular flexibility index (Phi) is 5.80. The van der Waals surface area contributed by atoms with Gasteiger partial charge in [-0.05, 0) is 5.56 Å². The van der Waals surface area contributed by atoms with Gasteiger partial charge in [-0.15, -0.1) is 12.4 Å². The van der Waals surface area contributed by atoms with Crippen LogP contribution < -0.4 is 5.32 Å². The number of fused-ring (bicyclic) bond motifs is 1. The Labute approximate surface area is 147 Å². The van der Waals surface area contributed by atoms with E-state index in [0.717, 1.165) is 18.0 Å². The molecule has 7 nitrogen and oxygen atoms in total. The van der Waals surface area contributed by atoms with E-state index in [2.05, 4.69) is 10.2 Å². The van der Waals surface area contributed by atoms with Crippen molar-refractivity contribution >= 4 is 30.3 Å². The molecule has 2 saturated heterocycles. The zero-order valence-corrected chi connectivity index (χ0v) is 14.3. The number of hydrogen-bond donors (Lipinski definition) is 1. The third-order valence-electron chi connectivity index (χ3n) is 4.32. The van der Waals surface area contributed by atoms with E-state index in [1.54, 1.807) is 4.90 Å². The van der Waals surface area contributed by atoms with Crippen molar-refractivity contribution in [2.45, 2.75) is 12.6 Å². The van der Waals surface area contributed by atoms with Crippen LogP contribution in [0.1, 0.15) is 5.56 Å². The van der Waals surface area contributed by atoms with Crippen LogP contribution in [-0.4, -0.2) is 71.8 Å². The molecule has 1 atom stereocenters. The first kappa shape index (κ1) is 18.2. The predicted octanol–water partition coefficient (Wildman–Crippen LogP) is 0.303. The molecule has 2 aliphatic heterocycles. The van der Waals surface area contributed by atoms with E-state index < -0.39 is 6.04 Å². The Hall–Kier alpha value is -2.12. The van der Waals surface area contributed by atoms with Crippen LogP contribution in [0.3, 0.4) is 0 Å². The van der Waals surface area contributed by atoms with Gasteiger partial charge in [0.1, 0.15) is 12.6 Å². The monoisotopic (exact) mass is 352 g/mol. The topological polar surface area (TPSA) is 73.0 Å². The van der Waals surface area contributed by atoms with Crippen LogP contribution in [0.2, 0.25) is 0 Å². The van der Waals surface area contributed by atoms with Gasteiger partial charge in [0.25, 0.3) is 5.91 Å². The largest absolute Gasteiger partial charge is 0.358 e. The zero-order valence-electron chi connectivity index (χ0n) is 13.5. The van der Waals surface area contributed by atoms with E-state index in [1.807, 2.05) is 30.3 Å². The van der Waals surface area contributed by atoms with Crippen molar-refractivity contribution in [3.05, 3.63) is 35.9 Å². The fraction of sp³-hybridized carbons (Fsp3) is 0.438. The van der Waals surface area contributed by atoms with Gasteiger partial charge in [-0.25, -0.2) is 4.79 Å². The minimum Gasteiger partial charge on any atom is -0.358 e. The summed E-state index contributed by atoms with van der Waals surface area (Å²) < 4.78 is 0. The smallest absolute Gasteiger partial charge is 0.328 e. The Bertz CT molecular complexity index is 625. The van der Waals surface area contributed by atoms with Crippen molar-refractivity contribution in [2.75, 3.05) is 33.2 Å². The van der Waals surface area contributed by atoms with Crippen molar-refractivity contribution in [1.29, 1.82) is 0 Å². The quantitative estimate of drug-likeness (QED) is 0.791. The van der Waals surface area contributed by atoms with E-state index in [-0.39, 0.29) is 36.8 Å². The van der Waals surface area contributed by atoms with Gasteiger partial charge in [0.2, 0.25) is 5.91 Å². The maximum atomic E-state index is 12.5. The summed E-state index contributed by atoms with van der Waals surface area (Å²) in [6.07, 6.45) is 0. The zero-order chi connectivity index (χ0) is 16.4. The summed E-state index contributed by atoms with van der Waals surface area (Å²) in [6, 6.07) is 9.20. The summed E-state index contributed by atoms with van der Waals surface area (Å²) in [5.74, 6) is -0.621. The van der Waals surface area contributed by atoms with Crippen LogP contribution in [-0.2, 0) is 16.1 Å². The first-order valence-electron chi connectivity index (χ1n) is 7.69. The molecule has 1 N–H and O–H groups in total. The Morgan fingerprint density at radius 1 is 1.21 bits per heavy atom. The summed E-state index contributed by atoms with van der Waals surface area (Å²) >= 11 is 0. The average molecular weight is 353 g/mol. The van der Waals surface area contributed by atoms with E-state index in [1.165, 1.54) is 12.6 Å². The number of rotatable bonds is 4. The molecular weight excluding hydrogens is 332 g/mol. The third kappa shape index (κ3) is 3.52. The number of nitrogens with zero attached hydrogens (tertiary/aromatic N) is 3. The molecule has 2 fully saturated rings. The normalized spacial score (nSPS) is 20.6. The van der Waals surface area contributed by atoms with Crippen molar-refractivity contribution in [2.24, 2.45) is 0 Å². The van der Waals surface area contributed by atoms with Gasteiger partial charge in [-0.1, -0.05) is 30.3 Å². The van der Waals surface area contributed by atoms with Crippen LogP contribution in [0.4, 0.5) is 4.79 Å². The maximum Gasteiger partial charge on any atom is 0.328 e. The number of hydrogen-bond acceptors (Lipinski definition) is 4. The molecule has 1 aromatic rings. The van der Waals surface area contributed by atoms with Crippen molar-refractivity contribution in [1.82, 2.24) is 20.0 Å². The highest BCUT2D eigenvalue weighted by Crippen LogP contribution is 2.22. The van der Waals surface area contributed by atoms with Gasteiger partial charge < -0.3 is 10.2 Å². The van der Waals surface area contributed by atoms with E-state index >= 15 is 0 Å². The molecule has 1 aromatic carbocycles. The molecule has 0 saturated carbocycles. The molecule has 0 spiro atoms. The Balaban J connectivity index is 0.00000208. The molecule has 1 unspecified atom stereocenters. The number of amides is 4. The van der Waals surface area contributed by atoms with Gasteiger partial charge in [-0.2, -0.15) is 0 Å². The molecule has 3 rings (SSSR count). The molecule has 2 aliphatic rings. The average Bonchev–Trinajstić information content (AvgIpc) is 2.80. The van der Waals surface area contributed by atoms with Crippen molar-refractivity contribution < 1.29 is 14.4 Å². The van der Waals surface area contributed by atoms with E-state index in [9.17, 15) is 14.4 Å². The number of likely N-dealkylation sites (N-methyl/N-ethyl adjacent to an activating group) is 1. The van der Waals surface area contributed by atoms with E-state index in [4.69, 9.17) is 0 Å². The van der Waals surface area contributed by atoms with Gasteiger partial charge in [0.05, 0.1) is 0 Å². The van der Waals surface area contributed by atoms with Crippen molar-refractivity contribution in [3.63, 3.8) is 0 Å². The Morgan fingerprint density at radius 3 is 2.58 bits per heavy atom. The lowest BCUT2D eigenvalue weighted by atomic mass is 10.1. The third-order valence-corrected chi connectivity index (χ3v) is 4.32. The number of carbonyl (C=O) groups excluding carboxylic acids is 3. The fourth-order valence-corrected chi connectivity index (χ4v) is 3.06. The summed E-state index contributed by atoms with van der Waals surface area (Å²) in [5, 5.41) is 2.44. The second kappa shape index (κ2) is 7.63. The number of benzene rings is 1. The highest BCUT2D eigenvalue weighted by Gasteiger charge is 2.47. The van der Waals surface area contributed by atoms with Crippen LogP contribution in [0.15, 0.2) is 30.3 Å². The van der Waals surface area contributed by atoms with E-state index in [0.29, 0.717) is 13.1 Å². The summed E-state index contributed by atoms with van der Waals surface area (Å²) in [6.45, 7) is 2.27. The number of carbonyl (C=O) groups is 3. The maximum absolute atomic E-state index is 12.5. The minimum atomic E-state index is -0.482. The van der Waals surface area contributed by atoms with Gasteiger partial charge in [0.15, 0.2) is 0 Å². The highest BCUT2D eigenvalue weighted by atomic mass is 35.5. The molecule has 24 heavy (non-hydrogen) atoms. The van der Waals surface area contributed by atoms with Crippen molar-refractivity contribution in [3.8, 4) is 0 Å². The molecule has 0 aromatic heterocycles. The number of nitrogens with one attached hydrogen (secondary N) is 1. The first-order chi connectivity index (χ1) is 11.1.